The minimum absolute atomic E-state index is 0.179. The SMILES string of the molecule is COc1ccc(S(=O)(=O)N(CC(=O)Nc2ccccc2Sc2ccccc2)c2ccccc2F)cc1OC. The molecule has 10 heteroatoms. The van der Waals surface area contributed by atoms with E-state index in [2.05, 4.69) is 5.32 Å². The first kappa shape index (κ1) is 27.0. The van der Waals surface area contributed by atoms with Gasteiger partial charge in [0.05, 0.1) is 30.5 Å². The topological polar surface area (TPSA) is 84.9 Å². The van der Waals surface area contributed by atoms with Gasteiger partial charge in [0.2, 0.25) is 5.91 Å². The molecule has 4 aromatic rings. The van der Waals surface area contributed by atoms with Crippen LogP contribution >= 0.6 is 11.8 Å². The predicted molar refractivity (Wildman–Crippen MR) is 146 cm³/mol. The van der Waals surface area contributed by atoms with Crippen molar-refractivity contribution < 1.29 is 27.1 Å². The molecule has 7 nitrogen and oxygen atoms in total. The molecule has 0 atom stereocenters. The number of carbonyl (C=O) groups is 1. The van der Waals surface area contributed by atoms with Crippen LogP contribution < -0.4 is 19.1 Å². The molecule has 0 fully saturated rings. The highest BCUT2D eigenvalue weighted by molar-refractivity contribution is 7.99. The van der Waals surface area contributed by atoms with Crippen molar-refractivity contribution in [2.75, 3.05) is 30.4 Å². The third kappa shape index (κ3) is 6.09. The van der Waals surface area contributed by atoms with E-state index in [1.807, 2.05) is 42.5 Å². The summed E-state index contributed by atoms with van der Waals surface area (Å²) in [5, 5.41) is 2.78. The fourth-order valence-electron chi connectivity index (χ4n) is 3.65. The summed E-state index contributed by atoms with van der Waals surface area (Å²) in [5.74, 6) is -0.921. The Bertz CT molecular complexity index is 1530. The lowest BCUT2D eigenvalue weighted by molar-refractivity contribution is -0.114. The van der Waals surface area contributed by atoms with Gasteiger partial charge in [0.1, 0.15) is 12.4 Å². The Kier molecular flexibility index (Phi) is 8.55. The average Bonchev–Trinajstić information content (AvgIpc) is 2.93. The van der Waals surface area contributed by atoms with Gasteiger partial charge in [-0.1, -0.05) is 54.2 Å². The van der Waals surface area contributed by atoms with Gasteiger partial charge >= 0.3 is 0 Å². The second-order valence-electron chi connectivity index (χ2n) is 7.94. The second-order valence-corrected chi connectivity index (χ2v) is 10.9. The Labute approximate surface area is 225 Å². The van der Waals surface area contributed by atoms with Gasteiger partial charge in [-0.3, -0.25) is 9.10 Å². The lowest BCUT2D eigenvalue weighted by atomic mass is 10.3. The summed E-state index contributed by atoms with van der Waals surface area (Å²) >= 11 is 1.45. The van der Waals surface area contributed by atoms with E-state index in [4.69, 9.17) is 9.47 Å². The molecule has 0 saturated heterocycles. The van der Waals surface area contributed by atoms with E-state index in [-0.39, 0.29) is 16.3 Å². The average molecular weight is 553 g/mol. The van der Waals surface area contributed by atoms with Crippen molar-refractivity contribution in [1.29, 1.82) is 0 Å². The van der Waals surface area contributed by atoms with Crippen molar-refractivity contribution in [2.45, 2.75) is 14.7 Å². The number of nitrogens with zero attached hydrogens (tertiary/aromatic N) is 1. The summed E-state index contributed by atoms with van der Waals surface area (Å²) in [5.41, 5.74) is 0.243. The third-order valence-corrected chi connectivity index (χ3v) is 8.32. The first-order chi connectivity index (χ1) is 18.3. The van der Waals surface area contributed by atoms with Gasteiger partial charge in [0.15, 0.2) is 11.5 Å². The molecule has 1 N–H and O–H groups in total. The number of rotatable bonds is 10. The molecule has 4 aromatic carbocycles. The van der Waals surface area contributed by atoms with E-state index < -0.39 is 28.3 Å². The molecule has 0 aliphatic carbocycles. The van der Waals surface area contributed by atoms with E-state index in [1.165, 1.54) is 62.4 Å². The Morgan fingerprint density at radius 3 is 2.24 bits per heavy atom. The Balaban J connectivity index is 1.66. The minimum atomic E-state index is -4.39. The van der Waals surface area contributed by atoms with Crippen LogP contribution in [0.3, 0.4) is 0 Å². The molecule has 4 rings (SSSR count). The molecule has 0 aromatic heterocycles. The maximum absolute atomic E-state index is 14.8. The Morgan fingerprint density at radius 2 is 1.53 bits per heavy atom. The number of carbonyl (C=O) groups excluding carboxylic acids is 1. The molecule has 0 aliphatic rings. The fraction of sp³-hybridized carbons (Fsp3) is 0.107. The van der Waals surface area contributed by atoms with Crippen molar-refractivity contribution in [3.63, 3.8) is 0 Å². The van der Waals surface area contributed by atoms with Crippen LogP contribution in [-0.2, 0) is 14.8 Å². The lowest BCUT2D eigenvalue weighted by Gasteiger charge is -2.25. The third-order valence-electron chi connectivity index (χ3n) is 5.48. The number of anilines is 2. The highest BCUT2D eigenvalue weighted by atomic mass is 32.2. The number of hydrogen-bond donors (Lipinski definition) is 1. The molecule has 0 saturated carbocycles. The van der Waals surface area contributed by atoms with Crippen LogP contribution in [0.1, 0.15) is 0 Å². The largest absolute Gasteiger partial charge is 0.493 e. The van der Waals surface area contributed by atoms with Crippen molar-refractivity contribution in [3.8, 4) is 11.5 Å². The maximum atomic E-state index is 14.8. The van der Waals surface area contributed by atoms with E-state index in [0.29, 0.717) is 11.4 Å². The van der Waals surface area contributed by atoms with Crippen molar-refractivity contribution in [1.82, 2.24) is 0 Å². The summed E-state index contributed by atoms with van der Waals surface area (Å²) < 4.78 is 53.5. The number of para-hydroxylation sites is 2. The van der Waals surface area contributed by atoms with Gasteiger partial charge in [-0.05, 0) is 48.5 Å². The van der Waals surface area contributed by atoms with E-state index >= 15 is 0 Å². The van der Waals surface area contributed by atoms with Crippen LogP contribution in [0.5, 0.6) is 11.5 Å². The number of halogens is 1. The highest BCUT2D eigenvalue weighted by Crippen LogP contribution is 2.35. The molecule has 0 bridgehead atoms. The summed E-state index contributed by atoms with van der Waals surface area (Å²) in [7, 11) is -1.59. The van der Waals surface area contributed by atoms with E-state index in [1.54, 1.807) is 12.1 Å². The van der Waals surface area contributed by atoms with Gasteiger partial charge in [0.25, 0.3) is 10.0 Å². The number of hydrogen-bond acceptors (Lipinski definition) is 6. The number of amides is 1. The van der Waals surface area contributed by atoms with Crippen LogP contribution in [0.15, 0.2) is 112 Å². The molecule has 0 spiro atoms. The van der Waals surface area contributed by atoms with E-state index in [9.17, 15) is 17.6 Å². The summed E-state index contributed by atoms with van der Waals surface area (Å²) in [6.07, 6.45) is 0. The van der Waals surface area contributed by atoms with Gasteiger partial charge in [-0.25, -0.2) is 12.8 Å². The van der Waals surface area contributed by atoms with Crippen LogP contribution in [0.2, 0.25) is 0 Å². The zero-order chi connectivity index (χ0) is 27.1. The zero-order valence-electron chi connectivity index (χ0n) is 20.6. The number of methoxy groups -OCH3 is 2. The summed E-state index contributed by atoms with van der Waals surface area (Å²) in [6.45, 7) is -0.665. The van der Waals surface area contributed by atoms with Gasteiger partial charge < -0.3 is 14.8 Å². The second kappa shape index (κ2) is 12.0. The first-order valence-electron chi connectivity index (χ1n) is 11.4. The normalized spacial score (nSPS) is 11.0. The van der Waals surface area contributed by atoms with Gasteiger partial charge in [0, 0.05) is 15.9 Å². The van der Waals surface area contributed by atoms with Crippen LogP contribution in [-0.4, -0.2) is 35.1 Å². The van der Waals surface area contributed by atoms with Crippen molar-refractivity contribution in [2.24, 2.45) is 0 Å². The zero-order valence-corrected chi connectivity index (χ0v) is 22.3. The van der Waals surface area contributed by atoms with Crippen molar-refractivity contribution in [3.05, 3.63) is 103 Å². The number of sulfonamides is 1. The van der Waals surface area contributed by atoms with E-state index in [0.717, 1.165) is 20.2 Å². The summed E-state index contributed by atoms with van der Waals surface area (Å²) in [4.78, 5) is 14.8. The molecule has 0 unspecified atom stereocenters. The first-order valence-corrected chi connectivity index (χ1v) is 13.7. The molecule has 1 amide bonds. The van der Waals surface area contributed by atoms with Crippen LogP contribution in [0.25, 0.3) is 0 Å². The molecule has 196 valence electrons. The minimum Gasteiger partial charge on any atom is -0.493 e. The number of ether oxygens (including phenoxy) is 2. The van der Waals surface area contributed by atoms with Gasteiger partial charge in [-0.2, -0.15) is 0 Å². The monoisotopic (exact) mass is 552 g/mol. The molecule has 38 heavy (non-hydrogen) atoms. The summed E-state index contributed by atoms with van der Waals surface area (Å²) in [6, 6.07) is 26.2. The van der Waals surface area contributed by atoms with Gasteiger partial charge in [-0.15, -0.1) is 0 Å². The number of benzene rings is 4. The van der Waals surface area contributed by atoms with Crippen LogP contribution in [0, 0.1) is 5.82 Å². The standard InChI is InChI=1S/C28H25FN2O5S2/c1-35-25-17-16-21(18-26(25)36-2)38(33,34)31(24-14-8-6-12-22(24)29)19-28(32)30-23-13-7-9-15-27(23)37-20-10-4-3-5-11-20/h3-18H,19H2,1-2H3,(H,30,32). The van der Waals surface area contributed by atoms with Crippen molar-refractivity contribution >= 4 is 39.1 Å². The quantitative estimate of drug-likeness (QED) is 0.267. The predicted octanol–water partition coefficient (Wildman–Crippen LogP) is 5.83. The molecular weight excluding hydrogens is 527 g/mol. The van der Waals surface area contributed by atoms with Crippen LogP contribution in [0.4, 0.5) is 15.8 Å². The molecule has 0 aliphatic heterocycles. The Hall–Kier alpha value is -4.02. The Morgan fingerprint density at radius 1 is 0.868 bits per heavy atom. The highest BCUT2D eigenvalue weighted by Gasteiger charge is 2.30. The molecule has 0 radical (unpaired) electrons. The smallest absolute Gasteiger partial charge is 0.265 e. The fourth-order valence-corrected chi connectivity index (χ4v) is 6.02. The maximum Gasteiger partial charge on any atom is 0.265 e. The molecular formula is C28H25FN2O5S2. The number of nitrogens with one attached hydrogen (secondary N) is 1. The lowest BCUT2D eigenvalue weighted by Crippen LogP contribution is -2.38. The molecule has 0 heterocycles.